The van der Waals surface area contributed by atoms with Gasteiger partial charge in [0.1, 0.15) is 6.04 Å². The van der Waals surface area contributed by atoms with Gasteiger partial charge in [-0.05, 0) is 37.0 Å². The van der Waals surface area contributed by atoms with Crippen molar-refractivity contribution in [2.75, 3.05) is 0 Å². The summed E-state index contributed by atoms with van der Waals surface area (Å²) in [7, 11) is 0. The van der Waals surface area contributed by atoms with E-state index in [1.165, 1.54) is 0 Å². The standard InChI is InChI=1S/C15H17ClN2O2/c16-11-3-1-10(2-4-11)9-18-13(7-8-14(18)19)15(20)17-12-5-6-12/h1-4,12-13H,5-9H2,(H,17,20). The first-order chi connectivity index (χ1) is 9.63. The van der Waals surface area contributed by atoms with Gasteiger partial charge in [-0.25, -0.2) is 0 Å². The molecule has 1 unspecified atom stereocenters. The third-order valence-electron chi connectivity index (χ3n) is 3.82. The molecule has 0 aromatic heterocycles. The van der Waals surface area contributed by atoms with Crippen LogP contribution in [0.4, 0.5) is 0 Å². The molecular weight excluding hydrogens is 276 g/mol. The zero-order valence-electron chi connectivity index (χ0n) is 11.1. The number of carbonyl (C=O) groups excluding carboxylic acids is 2. The normalized spacial score (nSPS) is 22.1. The van der Waals surface area contributed by atoms with E-state index in [9.17, 15) is 9.59 Å². The van der Waals surface area contributed by atoms with Crippen LogP contribution in [0.1, 0.15) is 31.2 Å². The van der Waals surface area contributed by atoms with E-state index in [1.807, 2.05) is 12.1 Å². The van der Waals surface area contributed by atoms with Crippen LogP contribution in [0.2, 0.25) is 5.02 Å². The van der Waals surface area contributed by atoms with E-state index < -0.39 is 0 Å². The molecule has 1 saturated heterocycles. The van der Waals surface area contributed by atoms with Crippen LogP contribution in [0, 0.1) is 0 Å². The first-order valence-electron chi connectivity index (χ1n) is 6.98. The van der Waals surface area contributed by atoms with Gasteiger partial charge in [-0.1, -0.05) is 23.7 Å². The highest BCUT2D eigenvalue weighted by atomic mass is 35.5. The quantitative estimate of drug-likeness (QED) is 0.924. The second-order valence-electron chi connectivity index (χ2n) is 5.49. The molecule has 2 amide bonds. The van der Waals surface area contributed by atoms with Crippen molar-refractivity contribution < 1.29 is 9.59 Å². The van der Waals surface area contributed by atoms with Crippen LogP contribution in [0.25, 0.3) is 0 Å². The maximum atomic E-state index is 12.2. The minimum Gasteiger partial charge on any atom is -0.352 e. The van der Waals surface area contributed by atoms with Crippen molar-refractivity contribution in [1.82, 2.24) is 10.2 Å². The number of hydrogen-bond acceptors (Lipinski definition) is 2. The molecule has 1 aromatic carbocycles. The Kier molecular flexibility index (Phi) is 3.66. The molecule has 1 heterocycles. The summed E-state index contributed by atoms with van der Waals surface area (Å²) in [6.07, 6.45) is 3.19. The molecule has 2 aliphatic rings. The molecule has 1 atom stereocenters. The van der Waals surface area contributed by atoms with Crippen molar-refractivity contribution in [3.05, 3.63) is 34.9 Å². The van der Waals surface area contributed by atoms with E-state index in [4.69, 9.17) is 11.6 Å². The number of benzene rings is 1. The van der Waals surface area contributed by atoms with Crippen molar-refractivity contribution >= 4 is 23.4 Å². The fourth-order valence-electron chi connectivity index (χ4n) is 2.52. The second-order valence-corrected chi connectivity index (χ2v) is 5.92. The molecule has 2 fully saturated rings. The van der Waals surface area contributed by atoms with Crippen molar-refractivity contribution in [3.63, 3.8) is 0 Å². The van der Waals surface area contributed by atoms with E-state index in [1.54, 1.807) is 17.0 Å². The Hall–Kier alpha value is -1.55. The number of nitrogens with one attached hydrogen (secondary N) is 1. The molecule has 0 bridgehead atoms. The molecule has 5 heteroatoms. The molecule has 1 saturated carbocycles. The molecule has 1 aliphatic carbocycles. The molecule has 106 valence electrons. The molecule has 1 N–H and O–H groups in total. The maximum Gasteiger partial charge on any atom is 0.243 e. The third kappa shape index (κ3) is 2.96. The van der Waals surface area contributed by atoms with Crippen LogP contribution in [0.3, 0.4) is 0 Å². The monoisotopic (exact) mass is 292 g/mol. The fourth-order valence-corrected chi connectivity index (χ4v) is 2.64. The van der Waals surface area contributed by atoms with Gasteiger partial charge >= 0.3 is 0 Å². The minimum atomic E-state index is -0.321. The SMILES string of the molecule is O=C(NC1CC1)C1CCC(=O)N1Cc1ccc(Cl)cc1. The van der Waals surface area contributed by atoms with Gasteiger partial charge in [0, 0.05) is 24.0 Å². The summed E-state index contributed by atoms with van der Waals surface area (Å²) < 4.78 is 0. The van der Waals surface area contributed by atoms with E-state index in [-0.39, 0.29) is 17.9 Å². The van der Waals surface area contributed by atoms with Crippen molar-refractivity contribution in [2.45, 2.75) is 44.3 Å². The molecule has 0 radical (unpaired) electrons. The average molecular weight is 293 g/mol. The summed E-state index contributed by atoms with van der Waals surface area (Å²) in [6, 6.07) is 7.40. The van der Waals surface area contributed by atoms with Gasteiger partial charge in [0.2, 0.25) is 11.8 Å². The van der Waals surface area contributed by atoms with Crippen LogP contribution in [-0.2, 0) is 16.1 Å². The molecule has 1 aromatic rings. The van der Waals surface area contributed by atoms with E-state index in [0.29, 0.717) is 30.5 Å². The predicted octanol–water partition coefficient (Wildman–Crippen LogP) is 2.11. The van der Waals surface area contributed by atoms with Gasteiger partial charge in [-0.15, -0.1) is 0 Å². The predicted molar refractivity (Wildman–Crippen MR) is 76.2 cm³/mol. The van der Waals surface area contributed by atoms with E-state index in [0.717, 1.165) is 18.4 Å². The van der Waals surface area contributed by atoms with Gasteiger partial charge in [0.25, 0.3) is 0 Å². The number of halogens is 1. The lowest BCUT2D eigenvalue weighted by Gasteiger charge is -2.24. The first kappa shape index (κ1) is 13.4. The minimum absolute atomic E-state index is 0.00712. The summed E-state index contributed by atoms with van der Waals surface area (Å²) in [5, 5.41) is 3.66. The Morgan fingerprint density at radius 1 is 1.25 bits per heavy atom. The Labute approximate surface area is 123 Å². The second kappa shape index (κ2) is 5.44. The number of nitrogens with zero attached hydrogens (tertiary/aromatic N) is 1. The smallest absolute Gasteiger partial charge is 0.243 e. The number of hydrogen-bond donors (Lipinski definition) is 1. The number of amides is 2. The summed E-state index contributed by atoms with van der Waals surface area (Å²) in [5.74, 6) is 0.0446. The summed E-state index contributed by atoms with van der Waals surface area (Å²) in [6.45, 7) is 0.471. The summed E-state index contributed by atoms with van der Waals surface area (Å²) in [5.41, 5.74) is 0.994. The van der Waals surface area contributed by atoms with Gasteiger partial charge < -0.3 is 10.2 Å². The molecule has 4 nitrogen and oxygen atoms in total. The average Bonchev–Trinajstić information content (AvgIpc) is 3.16. The Balaban J connectivity index is 1.69. The van der Waals surface area contributed by atoms with Gasteiger partial charge in [-0.2, -0.15) is 0 Å². The molecule has 0 spiro atoms. The van der Waals surface area contributed by atoms with Gasteiger partial charge in [0.15, 0.2) is 0 Å². The fraction of sp³-hybridized carbons (Fsp3) is 0.467. The van der Waals surface area contributed by atoms with Crippen LogP contribution in [0.15, 0.2) is 24.3 Å². The molecular formula is C15H17ClN2O2. The highest BCUT2D eigenvalue weighted by Crippen LogP contribution is 2.24. The lowest BCUT2D eigenvalue weighted by molar-refractivity contribution is -0.135. The van der Waals surface area contributed by atoms with Crippen LogP contribution < -0.4 is 5.32 Å². The van der Waals surface area contributed by atoms with E-state index in [2.05, 4.69) is 5.32 Å². The zero-order valence-corrected chi connectivity index (χ0v) is 11.9. The Morgan fingerprint density at radius 3 is 2.60 bits per heavy atom. The Bertz CT molecular complexity index is 525. The zero-order chi connectivity index (χ0) is 14.1. The number of likely N-dealkylation sites (tertiary alicyclic amines) is 1. The molecule has 20 heavy (non-hydrogen) atoms. The van der Waals surface area contributed by atoms with Crippen LogP contribution in [-0.4, -0.2) is 28.8 Å². The highest BCUT2D eigenvalue weighted by molar-refractivity contribution is 6.30. The summed E-state index contributed by atoms with van der Waals surface area (Å²) in [4.78, 5) is 25.8. The third-order valence-corrected chi connectivity index (χ3v) is 4.07. The van der Waals surface area contributed by atoms with Crippen molar-refractivity contribution in [3.8, 4) is 0 Å². The van der Waals surface area contributed by atoms with Crippen molar-refractivity contribution in [1.29, 1.82) is 0 Å². The maximum absolute atomic E-state index is 12.2. The topological polar surface area (TPSA) is 49.4 Å². The lowest BCUT2D eigenvalue weighted by atomic mass is 10.1. The Morgan fingerprint density at radius 2 is 1.95 bits per heavy atom. The highest BCUT2D eigenvalue weighted by Gasteiger charge is 2.37. The van der Waals surface area contributed by atoms with E-state index >= 15 is 0 Å². The molecule has 1 aliphatic heterocycles. The van der Waals surface area contributed by atoms with Crippen LogP contribution in [0.5, 0.6) is 0 Å². The molecule has 3 rings (SSSR count). The first-order valence-corrected chi connectivity index (χ1v) is 7.35. The van der Waals surface area contributed by atoms with Crippen molar-refractivity contribution in [2.24, 2.45) is 0 Å². The largest absolute Gasteiger partial charge is 0.352 e. The van der Waals surface area contributed by atoms with Crippen LogP contribution >= 0.6 is 11.6 Å². The van der Waals surface area contributed by atoms with Gasteiger partial charge in [-0.3, -0.25) is 9.59 Å². The lowest BCUT2D eigenvalue weighted by Crippen LogP contribution is -2.45. The number of carbonyl (C=O) groups is 2. The number of rotatable bonds is 4. The summed E-state index contributed by atoms with van der Waals surface area (Å²) >= 11 is 5.86. The van der Waals surface area contributed by atoms with Gasteiger partial charge in [0.05, 0.1) is 0 Å².